The molecule has 5 heterocycles. The molecule has 0 radical (unpaired) electrons. The van der Waals surface area contributed by atoms with Gasteiger partial charge in [0, 0.05) is 18.0 Å². The maximum absolute atomic E-state index is 12.4. The molecule has 0 spiro atoms. The number of nitrogen functional groups attached to an aromatic ring is 1. The number of aromatic nitrogens is 4. The third-order valence-electron chi connectivity index (χ3n) is 7.09. The van der Waals surface area contributed by atoms with Crippen LogP contribution in [0.15, 0.2) is 36.7 Å². The van der Waals surface area contributed by atoms with E-state index in [0.717, 1.165) is 17.2 Å². The summed E-state index contributed by atoms with van der Waals surface area (Å²) >= 11 is 0. The van der Waals surface area contributed by atoms with E-state index in [1.54, 1.807) is 0 Å². The fraction of sp³-hybridized carbons (Fsp3) is 0.524. The largest absolute Gasteiger partial charge is 1.00 e. The van der Waals surface area contributed by atoms with Crippen LogP contribution in [0.3, 0.4) is 0 Å². The Hall–Kier alpha value is 1.27. The molecule has 5 rings (SSSR count). The van der Waals surface area contributed by atoms with Crippen molar-refractivity contribution in [1.82, 2.24) is 24.4 Å². The van der Waals surface area contributed by atoms with E-state index >= 15 is 0 Å². The number of primary amides is 1. The third kappa shape index (κ3) is 12.6. The normalized spacial score (nSPS) is 29.4. The molecule has 3 aliphatic rings. The van der Waals surface area contributed by atoms with Gasteiger partial charge in [0.05, 0.1) is 27.4 Å². The van der Waals surface area contributed by atoms with Gasteiger partial charge in [-0.15, -0.1) is 0 Å². The maximum Gasteiger partial charge on any atom is 1.00 e. The molecule has 10 atom stereocenters. The van der Waals surface area contributed by atoms with Gasteiger partial charge in [-0.25, -0.2) is 19.3 Å². The Morgan fingerprint density at radius 2 is 1.48 bits per heavy atom. The van der Waals surface area contributed by atoms with E-state index in [1.165, 1.54) is 23.4 Å². The number of allylic oxidation sites excluding steroid dienone is 1. The summed E-state index contributed by atoms with van der Waals surface area (Å²) in [4.78, 5) is 71.8. The fourth-order valence-corrected chi connectivity index (χ4v) is 7.45. The minimum Gasteiger partial charge on any atom is -0.790 e. The van der Waals surface area contributed by atoms with Crippen molar-refractivity contribution in [2.75, 3.05) is 18.9 Å². The van der Waals surface area contributed by atoms with Crippen LogP contribution in [-0.4, -0.2) is 102 Å². The van der Waals surface area contributed by atoms with Crippen LogP contribution in [-0.2, 0) is 45.8 Å². The van der Waals surface area contributed by atoms with E-state index < -0.39 is 91.7 Å². The topological polar surface area (TPSA) is 375 Å². The van der Waals surface area contributed by atoms with Crippen molar-refractivity contribution in [3.63, 3.8) is 0 Å². The number of aliphatic hydroxyl groups excluding tert-OH is 3. The van der Waals surface area contributed by atoms with Gasteiger partial charge >= 0.3 is 118 Å². The second-order valence-electron chi connectivity index (χ2n) is 10.3. The molecule has 2 aromatic heterocycles. The number of phosphoric acid groups is 3. The number of fused-ring (bicyclic) bond motifs is 1. The van der Waals surface area contributed by atoms with Gasteiger partial charge in [-0.05, 0) is 6.42 Å². The first kappa shape index (κ1) is 51.3. The number of carbonyl (C=O) groups excluding carboxylic acids is 1. The molecule has 7 N–H and O–H groups in total. The minimum atomic E-state index is -5.86. The molecule has 0 aliphatic carbocycles. The number of imidazole rings is 1. The molecule has 2 aromatic rings. The zero-order valence-corrected chi connectivity index (χ0v) is 38.6. The van der Waals surface area contributed by atoms with Crippen molar-refractivity contribution in [2.24, 2.45) is 5.73 Å². The SMILES string of the molecule is NC(=O)C1=CN([C@H]2O[C@H](COP(=O)([O-])OP(=O)([O-])OC[C@H]3O[C@@H](n4cnc5c(N)ncnc54)[C@H](OP(=O)([O-])[O-])[C@@H]3O)[C@@H](O)[C@H]2O)C=CC1.[Na+].[Na+].[Na+].[Na+]. The van der Waals surface area contributed by atoms with Crippen LogP contribution >= 0.6 is 23.5 Å². The standard InChI is InChI=1S/C21H30N7O17P3.4Na/c22-17-12-19(25-7-24-17)28(8-26-12)21-16(44-46(33,34)35)14(30)11(43-21)6-41-48(38,39)45-47(36,37)40-5-10-13(29)15(31)20(42-10)27-3-1-2-9(4-27)18(23)32;;;;/h1,3-4,7-8,10-11,13-16,20-21,29-31H,2,5-6H2,(H2,23,32)(H,36,37)(H,38,39)(H2,22,24,25)(H2,33,34,35);;;;/q;4*+1/p-4/t10-,11-,13-,14-,15-,16-,20+,21-;;;;/m1..../s1. The van der Waals surface area contributed by atoms with Crippen LogP contribution in [0.5, 0.6) is 0 Å². The van der Waals surface area contributed by atoms with Gasteiger partial charge in [-0.3, -0.25) is 18.5 Å². The number of nitrogens with zero attached hydrogens (tertiary/aromatic N) is 5. The van der Waals surface area contributed by atoms with Gasteiger partial charge in [-0.2, -0.15) is 0 Å². The Balaban J connectivity index is 0.00000338. The van der Waals surface area contributed by atoms with Gasteiger partial charge in [-0.1, -0.05) is 6.08 Å². The molecule has 2 unspecified atom stereocenters. The number of phosphoric ester groups is 3. The number of carbonyl (C=O) groups is 1. The van der Waals surface area contributed by atoms with Crippen LogP contribution in [0.1, 0.15) is 12.6 Å². The maximum atomic E-state index is 12.4. The van der Waals surface area contributed by atoms with Crippen molar-refractivity contribution >= 4 is 46.4 Å². The number of hydrogen-bond donors (Lipinski definition) is 5. The summed E-state index contributed by atoms with van der Waals surface area (Å²) in [5.74, 6) is -0.849. The predicted molar refractivity (Wildman–Crippen MR) is 144 cm³/mol. The van der Waals surface area contributed by atoms with Crippen molar-refractivity contribution < 1.29 is 199 Å². The van der Waals surface area contributed by atoms with Crippen LogP contribution in [0.4, 0.5) is 5.82 Å². The summed E-state index contributed by atoms with van der Waals surface area (Å²) in [6, 6.07) is 0. The smallest absolute Gasteiger partial charge is 0.790 e. The molecule has 31 heteroatoms. The fourth-order valence-electron chi connectivity index (χ4n) is 4.91. The molecule has 2 fully saturated rings. The number of aliphatic hydroxyl groups is 3. The first-order valence-electron chi connectivity index (χ1n) is 13.4. The van der Waals surface area contributed by atoms with E-state index in [2.05, 4.69) is 32.8 Å². The average molecular weight is 833 g/mol. The zero-order valence-electron chi connectivity index (χ0n) is 27.9. The van der Waals surface area contributed by atoms with E-state index in [1.807, 2.05) is 0 Å². The number of nitrogens with two attached hydrogens (primary N) is 2. The molecule has 266 valence electrons. The summed E-state index contributed by atoms with van der Waals surface area (Å²) < 4.78 is 65.6. The van der Waals surface area contributed by atoms with Crippen LogP contribution in [0.2, 0.25) is 0 Å². The number of anilines is 1. The molecular weight excluding hydrogens is 807 g/mol. The molecule has 0 bridgehead atoms. The van der Waals surface area contributed by atoms with Crippen molar-refractivity contribution in [3.8, 4) is 0 Å². The Morgan fingerprint density at radius 3 is 2.06 bits per heavy atom. The van der Waals surface area contributed by atoms with Gasteiger partial charge in [0.15, 0.2) is 23.9 Å². The Bertz CT molecular complexity index is 1760. The zero-order chi connectivity index (χ0) is 35.2. The average Bonchev–Trinajstić information content (AvgIpc) is 3.64. The Kier molecular flexibility index (Phi) is 20.5. The molecule has 24 nitrogen and oxygen atoms in total. The quantitative estimate of drug-likeness (QED) is 0.0924. The number of ether oxygens (including phenoxy) is 2. The van der Waals surface area contributed by atoms with E-state index in [4.69, 9.17) is 20.9 Å². The first-order chi connectivity index (χ1) is 22.4. The monoisotopic (exact) mass is 833 g/mol. The number of rotatable bonds is 13. The van der Waals surface area contributed by atoms with E-state index in [0.29, 0.717) is 0 Å². The predicted octanol–water partition coefficient (Wildman–Crippen LogP) is -17.1. The molecule has 0 saturated carbocycles. The summed E-state index contributed by atoms with van der Waals surface area (Å²) in [7, 11) is -17.4. The molecular formula is C21H26N7Na4O17P3. The number of amides is 1. The van der Waals surface area contributed by atoms with Gasteiger partial charge in [0.1, 0.15) is 48.5 Å². The van der Waals surface area contributed by atoms with Crippen LogP contribution in [0.25, 0.3) is 11.2 Å². The van der Waals surface area contributed by atoms with Gasteiger partial charge in [0.25, 0.3) is 15.6 Å². The molecule has 3 aliphatic heterocycles. The van der Waals surface area contributed by atoms with E-state index in [9.17, 15) is 53.4 Å². The Labute approximate surface area is 382 Å². The van der Waals surface area contributed by atoms with E-state index in [-0.39, 0.29) is 147 Å². The van der Waals surface area contributed by atoms with Crippen molar-refractivity contribution in [2.45, 2.75) is 55.5 Å². The van der Waals surface area contributed by atoms with Crippen LogP contribution in [0, 0.1) is 0 Å². The summed E-state index contributed by atoms with van der Waals surface area (Å²) in [6.07, 6.45) is -7.38. The molecule has 1 amide bonds. The van der Waals surface area contributed by atoms with Crippen molar-refractivity contribution in [1.29, 1.82) is 0 Å². The second-order valence-corrected chi connectivity index (χ2v) is 14.4. The summed E-state index contributed by atoms with van der Waals surface area (Å²) in [5.41, 5.74) is 11.1. The molecule has 0 aromatic carbocycles. The summed E-state index contributed by atoms with van der Waals surface area (Å²) in [5, 5.41) is 31.4. The van der Waals surface area contributed by atoms with Crippen molar-refractivity contribution in [3.05, 3.63) is 36.7 Å². The molecule has 52 heavy (non-hydrogen) atoms. The van der Waals surface area contributed by atoms with Gasteiger partial charge < -0.3 is 78.9 Å². The second kappa shape index (κ2) is 20.8. The number of hydrogen-bond acceptors (Lipinski definition) is 22. The van der Waals surface area contributed by atoms with Crippen LogP contribution < -0.4 is 149 Å². The van der Waals surface area contributed by atoms with Gasteiger partial charge in [0.2, 0.25) is 5.91 Å². The summed E-state index contributed by atoms with van der Waals surface area (Å²) in [6.45, 7) is -2.26. The minimum absolute atomic E-state index is 0. The third-order valence-corrected chi connectivity index (χ3v) is 10.1. The Morgan fingerprint density at radius 1 is 0.904 bits per heavy atom. The molecule has 2 saturated heterocycles. The first-order valence-corrected chi connectivity index (χ1v) is 17.8.